The average Bonchev–Trinajstić information content (AvgIpc) is 2.64. The second kappa shape index (κ2) is 7.86. The number of nitrogens with zero attached hydrogens (tertiary/aromatic N) is 2. The van der Waals surface area contributed by atoms with Gasteiger partial charge in [-0.2, -0.15) is 0 Å². The molecule has 0 aliphatic carbocycles. The maximum Gasteiger partial charge on any atom is 0.322 e. The van der Waals surface area contributed by atoms with Crippen LogP contribution in [0.5, 0.6) is 0 Å². The molecule has 6 nitrogen and oxygen atoms in total. The van der Waals surface area contributed by atoms with Crippen molar-refractivity contribution in [2.45, 2.75) is 6.92 Å². The van der Waals surface area contributed by atoms with Crippen LogP contribution in [0.25, 0.3) is 0 Å². The van der Waals surface area contributed by atoms with Gasteiger partial charge in [0.05, 0.1) is 5.69 Å². The highest BCUT2D eigenvalue weighted by Crippen LogP contribution is 2.20. The Bertz CT molecular complexity index is 786. The van der Waals surface area contributed by atoms with E-state index in [9.17, 15) is 14.0 Å². The zero-order valence-corrected chi connectivity index (χ0v) is 14.5. The summed E-state index contributed by atoms with van der Waals surface area (Å²) >= 11 is 0. The number of halogens is 1. The Kier molecular flexibility index (Phi) is 5.36. The molecule has 0 atom stereocenters. The molecule has 1 fully saturated rings. The summed E-state index contributed by atoms with van der Waals surface area (Å²) in [5, 5.41) is 5.35. The Morgan fingerprint density at radius 3 is 2.19 bits per heavy atom. The van der Waals surface area contributed by atoms with Crippen molar-refractivity contribution in [1.82, 2.24) is 4.90 Å². The van der Waals surface area contributed by atoms with Crippen LogP contribution in [0, 0.1) is 5.82 Å². The molecule has 0 aromatic heterocycles. The SMILES string of the molecule is CC(=O)Nc1ccc(N2CCN(C(=O)Nc3ccccc3F)CC2)cc1. The summed E-state index contributed by atoms with van der Waals surface area (Å²) in [5.74, 6) is -0.550. The molecular formula is C19H21FN4O2. The molecule has 2 aromatic rings. The van der Waals surface area contributed by atoms with Gasteiger partial charge in [0.25, 0.3) is 0 Å². The summed E-state index contributed by atoms with van der Waals surface area (Å²) in [6, 6.07) is 13.4. The first-order valence-corrected chi connectivity index (χ1v) is 8.46. The van der Waals surface area contributed by atoms with Crippen LogP contribution >= 0.6 is 0 Å². The summed E-state index contributed by atoms with van der Waals surface area (Å²) in [4.78, 5) is 27.2. The van der Waals surface area contributed by atoms with Crippen molar-refractivity contribution in [2.75, 3.05) is 41.7 Å². The number of urea groups is 1. The number of hydrogen-bond acceptors (Lipinski definition) is 3. The first-order valence-electron chi connectivity index (χ1n) is 8.46. The predicted molar refractivity (Wildman–Crippen MR) is 100.0 cm³/mol. The van der Waals surface area contributed by atoms with Crippen LogP contribution < -0.4 is 15.5 Å². The molecule has 0 saturated carbocycles. The van der Waals surface area contributed by atoms with Gasteiger partial charge in [0.2, 0.25) is 5.91 Å². The van der Waals surface area contributed by atoms with Gasteiger partial charge in [-0.05, 0) is 36.4 Å². The van der Waals surface area contributed by atoms with E-state index in [1.807, 2.05) is 24.3 Å². The van der Waals surface area contributed by atoms with Gasteiger partial charge in [-0.15, -0.1) is 0 Å². The summed E-state index contributed by atoms with van der Waals surface area (Å²) in [6.45, 7) is 3.94. The number of rotatable bonds is 3. The number of nitrogens with one attached hydrogen (secondary N) is 2. The number of anilines is 3. The normalized spacial score (nSPS) is 14.1. The number of carbonyl (C=O) groups excluding carboxylic acids is 2. The van der Waals surface area contributed by atoms with E-state index >= 15 is 0 Å². The summed E-state index contributed by atoms with van der Waals surface area (Å²) in [5.41, 5.74) is 1.98. The number of benzene rings is 2. The van der Waals surface area contributed by atoms with Crippen molar-refractivity contribution < 1.29 is 14.0 Å². The molecular weight excluding hydrogens is 335 g/mol. The number of amides is 3. The first kappa shape index (κ1) is 17.7. The number of para-hydroxylation sites is 1. The highest BCUT2D eigenvalue weighted by Gasteiger charge is 2.22. The zero-order chi connectivity index (χ0) is 18.5. The Labute approximate surface area is 151 Å². The molecule has 3 amide bonds. The molecule has 1 aliphatic rings. The molecule has 2 N–H and O–H groups in total. The quantitative estimate of drug-likeness (QED) is 0.888. The maximum absolute atomic E-state index is 13.6. The third-order valence-electron chi connectivity index (χ3n) is 4.24. The zero-order valence-electron chi connectivity index (χ0n) is 14.5. The van der Waals surface area contributed by atoms with E-state index < -0.39 is 5.82 Å². The van der Waals surface area contributed by atoms with Crippen LogP contribution in [0.1, 0.15) is 6.92 Å². The van der Waals surface area contributed by atoms with Gasteiger partial charge in [-0.25, -0.2) is 9.18 Å². The van der Waals surface area contributed by atoms with Crippen molar-refractivity contribution in [3.05, 3.63) is 54.3 Å². The van der Waals surface area contributed by atoms with Crippen molar-refractivity contribution in [3.8, 4) is 0 Å². The van der Waals surface area contributed by atoms with E-state index in [1.54, 1.807) is 23.1 Å². The molecule has 0 unspecified atom stereocenters. The molecule has 0 bridgehead atoms. The lowest BCUT2D eigenvalue weighted by Gasteiger charge is -2.36. The van der Waals surface area contributed by atoms with Gasteiger partial charge in [0.1, 0.15) is 5.82 Å². The predicted octanol–water partition coefficient (Wildman–Crippen LogP) is 3.14. The average molecular weight is 356 g/mol. The molecule has 7 heteroatoms. The monoisotopic (exact) mass is 356 g/mol. The molecule has 0 radical (unpaired) electrons. The molecule has 0 spiro atoms. The van der Waals surface area contributed by atoms with E-state index in [-0.39, 0.29) is 17.6 Å². The summed E-state index contributed by atoms with van der Waals surface area (Å²) in [7, 11) is 0. The molecule has 1 heterocycles. The van der Waals surface area contributed by atoms with E-state index in [1.165, 1.54) is 13.0 Å². The van der Waals surface area contributed by atoms with Crippen molar-refractivity contribution >= 4 is 29.0 Å². The van der Waals surface area contributed by atoms with Crippen LogP contribution in [0.2, 0.25) is 0 Å². The highest BCUT2D eigenvalue weighted by molar-refractivity contribution is 5.90. The lowest BCUT2D eigenvalue weighted by atomic mass is 10.2. The minimum Gasteiger partial charge on any atom is -0.368 e. The smallest absolute Gasteiger partial charge is 0.322 e. The van der Waals surface area contributed by atoms with Gasteiger partial charge >= 0.3 is 6.03 Å². The second-order valence-corrected chi connectivity index (χ2v) is 6.11. The van der Waals surface area contributed by atoms with E-state index in [4.69, 9.17) is 0 Å². The Morgan fingerprint density at radius 1 is 0.923 bits per heavy atom. The number of hydrogen-bond donors (Lipinski definition) is 2. The number of carbonyl (C=O) groups is 2. The van der Waals surface area contributed by atoms with E-state index in [0.29, 0.717) is 26.2 Å². The Hall–Kier alpha value is -3.09. The third kappa shape index (κ3) is 4.30. The molecule has 1 saturated heterocycles. The van der Waals surface area contributed by atoms with Gasteiger partial charge in [-0.3, -0.25) is 4.79 Å². The van der Waals surface area contributed by atoms with Crippen molar-refractivity contribution in [1.29, 1.82) is 0 Å². The van der Waals surface area contributed by atoms with Crippen LogP contribution in [0.15, 0.2) is 48.5 Å². The maximum atomic E-state index is 13.6. The largest absolute Gasteiger partial charge is 0.368 e. The fourth-order valence-electron chi connectivity index (χ4n) is 2.88. The van der Waals surface area contributed by atoms with E-state index in [2.05, 4.69) is 15.5 Å². The van der Waals surface area contributed by atoms with E-state index in [0.717, 1.165) is 11.4 Å². The van der Waals surface area contributed by atoms with Crippen molar-refractivity contribution in [3.63, 3.8) is 0 Å². The molecule has 3 rings (SSSR count). The first-order chi connectivity index (χ1) is 12.5. The Balaban J connectivity index is 1.54. The van der Waals surface area contributed by atoms with Gasteiger partial charge in [0, 0.05) is 44.5 Å². The topological polar surface area (TPSA) is 64.7 Å². The van der Waals surface area contributed by atoms with Gasteiger partial charge < -0.3 is 20.4 Å². The summed E-state index contributed by atoms with van der Waals surface area (Å²) < 4.78 is 13.6. The van der Waals surface area contributed by atoms with Crippen molar-refractivity contribution in [2.24, 2.45) is 0 Å². The van der Waals surface area contributed by atoms with Crippen LogP contribution in [-0.4, -0.2) is 43.0 Å². The fraction of sp³-hybridized carbons (Fsp3) is 0.263. The highest BCUT2D eigenvalue weighted by atomic mass is 19.1. The number of piperazine rings is 1. The minimum atomic E-state index is -0.446. The lowest BCUT2D eigenvalue weighted by Crippen LogP contribution is -2.50. The molecule has 2 aromatic carbocycles. The standard InChI is InChI=1S/C19H21FN4O2/c1-14(25)21-15-6-8-16(9-7-15)23-10-12-24(13-11-23)19(26)22-18-5-3-2-4-17(18)20/h2-9H,10-13H2,1H3,(H,21,25)(H,22,26). The molecule has 1 aliphatic heterocycles. The minimum absolute atomic E-state index is 0.104. The lowest BCUT2D eigenvalue weighted by molar-refractivity contribution is -0.114. The summed E-state index contributed by atoms with van der Waals surface area (Å²) in [6.07, 6.45) is 0. The van der Waals surface area contributed by atoms with Crippen LogP contribution in [0.3, 0.4) is 0 Å². The van der Waals surface area contributed by atoms with Crippen LogP contribution in [-0.2, 0) is 4.79 Å². The van der Waals surface area contributed by atoms with Gasteiger partial charge in [-0.1, -0.05) is 12.1 Å². The Morgan fingerprint density at radius 2 is 1.58 bits per heavy atom. The fourth-order valence-corrected chi connectivity index (χ4v) is 2.88. The molecule has 136 valence electrons. The third-order valence-corrected chi connectivity index (χ3v) is 4.24. The van der Waals surface area contributed by atoms with Crippen LogP contribution in [0.4, 0.5) is 26.2 Å². The second-order valence-electron chi connectivity index (χ2n) is 6.11. The molecule has 26 heavy (non-hydrogen) atoms. The van der Waals surface area contributed by atoms with Gasteiger partial charge in [0.15, 0.2) is 0 Å².